The minimum Gasteiger partial charge on any atom is -0.490 e. The molecule has 1 heterocycles. The maximum absolute atomic E-state index is 9.62. The van der Waals surface area contributed by atoms with Gasteiger partial charge in [0.25, 0.3) is 0 Å². The molecule has 1 aromatic rings. The van der Waals surface area contributed by atoms with E-state index in [9.17, 15) is 5.11 Å². The van der Waals surface area contributed by atoms with Crippen LogP contribution >= 0.6 is 0 Å². The molecular formula is C14H18O4. The number of aliphatic hydroxyl groups excluding tert-OH is 1. The van der Waals surface area contributed by atoms with Gasteiger partial charge in [-0.2, -0.15) is 0 Å². The second-order valence-corrected chi connectivity index (χ2v) is 4.16. The fraction of sp³-hybridized carbons (Fsp3) is 0.429. The lowest BCUT2D eigenvalue weighted by Crippen LogP contribution is -2.16. The first-order valence-corrected chi connectivity index (χ1v) is 6.08. The molecule has 1 aromatic carbocycles. The molecular weight excluding hydrogens is 232 g/mol. The van der Waals surface area contributed by atoms with Gasteiger partial charge >= 0.3 is 0 Å². The topological polar surface area (TPSA) is 47.9 Å². The van der Waals surface area contributed by atoms with E-state index in [1.807, 2.05) is 19.1 Å². The van der Waals surface area contributed by atoms with E-state index in [0.29, 0.717) is 12.2 Å². The average molecular weight is 250 g/mol. The van der Waals surface area contributed by atoms with Crippen LogP contribution in [-0.4, -0.2) is 24.6 Å². The van der Waals surface area contributed by atoms with Crippen molar-refractivity contribution in [2.24, 2.45) is 0 Å². The van der Waals surface area contributed by atoms with E-state index >= 15 is 0 Å². The van der Waals surface area contributed by atoms with Crippen LogP contribution in [0.5, 0.6) is 17.2 Å². The van der Waals surface area contributed by atoms with Gasteiger partial charge < -0.3 is 19.3 Å². The largest absolute Gasteiger partial charge is 0.490 e. The Kier molecular flexibility index (Phi) is 4.10. The first-order valence-electron chi connectivity index (χ1n) is 6.08. The molecule has 0 radical (unpaired) electrons. The smallest absolute Gasteiger partial charge is 0.231 e. The Morgan fingerprint density at radius 1 is 1.44 bits per heavy atom. The number of aryl methyl sites for hydroxylation is 1. The lowest BCUT2D eigenvalue weighted by molar-refractivity contribution is 0.109. The molecule has 98 valence electrons. The summed E-state index contributed by atoms with van der Waals surface area (Å²) in [6.07, 6.45) is 2.50. The van der Waals surface area contributed by atoms with Crippen molar-refractivity contribution in [2.45, 2.75) is 25.9 Å². The Bertz CT molecular complexity index is 428. The van der Waals surface area contributed by atoms with Gasteiger partial charge in [0.1, 0.15) is 12.4 Å². The zero-order valence-corrected chi connectivity index (χ0v) is 10.5. The highest BCUT2D eigenvalue weighted by molar-refractivity contribution is 5.51. The Morgan fingerprint density at radius 3 is 2.83 bits per heavy atom. The molecule has 1 aliphatic rings. The van der Waals surface area contributed by atoms with Gasteiger partial charge in [-0.15, -0.1) is 6.58 Å². The number of fused-ring (bicyclic) bond motifs is 1. The number of hydrogen-bond donors (Lipinski definition) is 1. The molecule has 0 aliphatic carbocycles. The summed E-state index contributed by atoms with van der Waals surface area (Å²) in [5.41, 5.74) is 1.05. The van der Waals surface area contributed by atoms with Crippen molar-refractivity contribution in [3.05, 3.63) is 30.4 Å². The van der Waals surface area contributed by atoms with Crippen LogP contribution in [0, 0.1) is 0 Å². The highest BCUT2D eigenvalue weighted by Crippen LogP contribution is 2.38. The summed E-state index contributed by atoms with van der Waals surface area (Å²) in [4.78, 5) is 0. The highest BCUT2D eigenvalue weighted by atomic mass is 16.7. The van der Waals surface area contributed by atoms with Crippen molar-refractivity contribution < 1.29 is 19.3 Å². The molecule has 0 bridgehead atoms. The normalized spacial score (nSPS) is 14.3. The van der Waals surface area contributed by atoms with Crippen molar-refractivity contribution >= 4 is 0 Å². The fourth-order valence-electron chi connectivity index (χ4n) is 1.82. The number of hydrogen-bond acceptors (Lipinski definition) is 4. The van der Waals surface area contributed by atoms with E-state index in [1.165, 1.54) is 0 Å². The van der Waals surface area contributed by atoms with E-state index in [0.717, 1.165) is 23.5 Å². The lowest BCUT2D eigenvalue weighted by atomic mass is 10.1. The van der Waals surface area contributed by atoms with Gasteiger partial charge in [-0.05, 0) is 24.5 Å². The molecule has 2 rings (SSSR count). The molecule has 0 saturated carbocycles. The van der Waals surface area contributed by atoms with Crippen LogP contribution in [-0.2, 0) is 6.42 Å². The molecule has 0 amide bonds. The third-order valence-corrected chi connectivity index (χ3v) is 2.81. The summed E-state index contributed by atoms with van der Waals surface area (Å²) in [5, 5.41) is 9.62. The second kappa shape index (κ2) is 5.78. The summed E-state index contributed by atoms with van der Waals surface area (Å²) in [6.45, 7) is 6.13. The van der Waals surface area contributed by atoms with E-state index in [-0.39, 0.29) is 13.4 Å². The number of aliphatic hydroxyl groups is 1. The number of benzene rings is 1. The molecule has 0 fully saturated rings. The first-order chi connectivity index (χ1) is 8.74. The Balaban J connectivity index is 2.09. The lowest BCUT2D eigenvalue weighted by Gasteiger charge is -2.14. The van der Waals surface area contributed by atoms with Crippen LogP contribution in [0.2, 0.25) is 0 Å². The van der Waals surface area contributed by atoms with E-state index < -0.39 is 6.10 Å². The van der Waals surface area contributed by atoms with Crippen LogP contribution in [0.15, 0.2) is 24.8 Å². The second-order valence-electron chi connectivity index (χ2n) is 4.16. The van der Waals surface area contributed by atoms with Crippen molar-refractivity contribution in [3.8, 4) is 17.2 Å². The van der Waals surface area contributed by atoms with Crippen molar-refractivity contribution in [1.29, 1.82) is 0 Å². The Morgan fingerprint density at radius 2 is 2.17 bits per heavy atom. The maximum atomic E-state index is 9.62. The number of ether oxygens (including phenoxy) is 3. The summed E-state index contributed by atoms with van der Waals surface area (Å²) in [6, 6.07) is 3.75. The molecule has 1 aliphatic heterocycles. The summed E-state index contributed by atoms with van der Waals surface area (Å²) < 4.78 is 16.3. The molecule has 0 saturated heterocycles. The van der Waals surface area contributed by atoms with Crippen molar-refractivity contribution in [2.75, 3.05) is 13.4 Å². The highest BCUT2D eigenvalue weighted by Gasteiger charge is 2.17. The van der Waals surface area contributed by atoms with Gasteiger partial charge in [-0.3, -0.25) is 0 Å². The van der Waals surface area contributed by atoms with Gasteiger partial charge in [0, 0.05) is 6.07 Å². The van der Waals surface area contributed by atoms with E-state index in [2.05, 4.69) is 6.58 Å². The molecule has 4 heteroatoms. The molecule has 0 spiro atoms. The predicted octanol–water partition coefficient (Wildman–Crippen LogP) is 2.29. The maximum Gasteiger partial charge on any atom is 0.231 e. The fourth-order valence-corrected chi connectivity index (χ4v) is 1.82. The van der Waals surface area contributed by atoms with E-state index in [1.54, 1.807) is 6.08 Å². The van der Waals surface area contributed by atoms with Crippen molar-refractivity contribution in [1.82, 2.24) is 0 Å². The molecule has 0 aromatic heterocycles. The van der Waals surface area contributed by atoms with Crippen LogP contribution in [0.4, 0.5) is 0 Å². The van der Waals surface area contributed by atoms with Gasteiger partial charge in [-0.25, -0.2) is 0 Å². The summed E-state index contributed by atoms with van der Waals surface area (Å²) in [7, 11) is 0. The molecule has 4 nitrogen and oxygen atoms in total. The standard InChI is InChI=1S/C14H18O4/c1-3-5-11(15)8-16-12-7-14-13(17-9-18-14)6-10(12)4-2/h3,6-7,11,15H,1,4-5,8-9H2,2H3/t11-/m1/s1. The van der Waals surface area contributed by atoms with E-state index in [4.69, 9.17) is 14.2 Å². The van der Waals surface area contributed by atoms with Gasteiger partial charge in [0.15, 0.2) is 11.5 Å². The van der Waals surface area contributed by atoms with Crippen LogP contribution < -0.4 is 14.2 Å². The van der Waals surface area contributed by atoms with Crippen molar-refractivity contribution in [3.63, 3.8) is 0 Å². The number of rotatable bonds is 6. The zero-order valence-electron chi connectivity index (χ0n) is 10.5. The minimum atomic E-state index is -0.530. The Labute approximate surface area is 107 Å². The molecule has 18 heavy (non-hydrogen) atoms. The SMILES string of the molecule is C=CC[C@@H](O)COc1cc2c(cc1CC)OCO2. The quantitative estimate of drug-likeness (QED) is 0.787. The van der Waals surface area contributed by atoms with Crippen LogP contribution in [0.1, 0.15) is 18.9 Å². The molecule has 1 N–H and O–H groups in total. The monoisotopic (exact) mass is 250 g/mol. The molecule has 0 unspecified atom stereocenters. The van der Waals surface area contributed by atoms with Gasteiger partial charge in [0.2, 0.25) is 6.79 Å². The Hall–Kier alpha value is -1.68. The van der Waals surface area contributed by atoms with Crippen LogP contribution in [0.25, 0.3) is 0 Å². The predicted molar refractivity (Wildman–Crippen MR) is 68.3 cm³/mol. The van der Waals surface area contributed by atoms with Crippen LogP contribution in [0.3, 0.4) is 0 Å². The minimum absolute atomic E-state index is 0.249. The van der Waals surface area contributed by atoms with Gasteiger partial charge in [0.05, 0.1) is 6.10 Å². The first kappa shape index (κ1) is 12.8. The average Bonchev–Trinajstić information content (AvgIpc) is 2.82. The molecule has 1 atom stereocenters. The summed E-state index contributed by atoms with van der Waals surface area (Å²) in [5.74, 6) is 2.19. The zero-order chi connectivity index (χ0) is 13.0. The summed E-state index contributed by atoms with van der Waals surface area (Å²) >= 11 is 0. The van der Waals surface area contributed by atoms with Gasteiger partial charge in [-0.1, -0.05) is 13.0 Å². The third-order valence-electron chi connectivity index (χ3n) is 2.81. The third kappa shape index (κ3) is 2.76.